The number of aryl methyl sites for hydroxylation is 4. The fourth-order valence-electron chi connectivity index (χ4n) is 2.92. The molecule has 0 aromatic heterocycles. The van der Waals surface area contributed by atoms with Gasteiger partial charge in [-0.3, -0.25) is 0 Å². The van der Waals surface area contributed by atoms with Gasteiger partial charge in [0.15, 0.2) is 0 Å². The fourth-order valence-corrected chi connectivity index (χ4v) is 2.92. The Kier molecular flexibility index (Phi) is 7.63. The quantitative estimate of drug-likeness (QED) is 0.622. The SMILES string of the molecule is CCCc1ccc(CCc2ccc(CCC(N)(CO)CO)cc2)cc1. The van der Waals surface area contributed by atoms with Gasteiger partial charge < -0.3 is 15.9 Å². The minimum atomic E-state index is -0.886. The molecule has 0 amide bonds. The van der Waals surface area contributed by atoms with Gasteiger partial charge >= 0.3 is 0 Å². The van der Waals surface area contributed by atoms with E-state index in [0.29, 0.717) is 6.42 Å². The predicted molar refractivity (Wildman–Crippen MR) is 104 cm³/mol. The van der Waals surface area contributed by atoms with Crippen LogP contribution in [0.3, 0.4) is 0 Å². The molecule has 4 N–H and O–H groups in total. The first-order valence-corrected chi connectivity index (χ1v) is 9.25. The van der Waals surface area contributed by atoms with E-state index in [4.69, 9.17) is 5.73 Å². The number of benzene rings is 2. The Hall–Kier alpha value is -1.68. The predicted octanol–water partition coefficient (Wildman–Crippen LogP) is 3.04. The zero-order valence-corrected chi connectivity index (χ0v) is 15.2. The lowest BCUT2D eigenvalue weighted by Gasteiger charge is -2.24. The molecule has 0 fully saturated rings. The van der Waals surface area contributed by atoms with Crippen LogP contribution in [0.4, 0.5) is 0 Å². The van der Waals surface area contributed by atoms with Gasteiger partial charge in [0.2, 0.25) is 0 Å². The van der Waals surface area contributed by atoms with Crippen molar-refractivity contribution in [3.63, 3.8) is 0 Å². The molecule has 25 heavy (non-hydrogen) atoms. The van der Waals surface area contributed by atoms with Crippen LogP contribution in [0, 0.1) is 0 Å². The van der Waals surface area contributed by atoms with Gasteiger partial charge in [-0.25, -0.2) is 0 Å². The van der Waals surface area contributed by atoms with Crippen molar-refractivity contribution in [2.45, 2.75) is 51.0 Å². The molecular weight excluding hydrogens is 310 g/mol. The van der Waals surface area contributed by atoms with Crippen molar-refractivity contribution in [2.24, 2.45) is 5.73 Å². The highest BCUT2D eigenvalue weighted by molar-refractivity contribution is 5.26. The maximum absolute atomic E-state index is 9.25. The number of nitrogens with two attached hydrogens (primary N) is 1. The number of aliphatic hydroxyl groups is 2. The summed E-state index contributed by atoms with van der Waals surface area (Å²) in [5.74, 6) is 0. The van der Waals surface area contributed by atoms with Crippen molar-refractivity contribution >= 4 is 0 Å². The highest BCUT2D eigenvalue weighted by Gasteiger charge is 2.22. The molecule has 0 radical (unpaired) electrons. The van der Waals surface area contributed by atoms with Gasteiger partial charge in [0.25, 0.3) is 0 Å². The van der Waals surface area contributed by atoms with Crippen LogP contribution in [0.2, 0.25) is 0 Å². The van der Waals surface area contributed by atoms with Gasteiger partial charge in [0.1, 0.15) is 0 Å². The van der Waals surface area contributed by atoms with Crippen molar-refractivity contribution in [3.8, 4) is 0 Å². The van der Waals surface area contributed by atoms with Crippen molar-refractivity contribution in [1.82, 2.24) is 0 Å². The lowest BCUT2D eigenvalue weighted by atomic mass is 9.93. The monoisotopic (exact) mass is 341 g/mol. The summed E-state index contributed by atoms with van der Waals surface area (Å²) < 4.78 is 0. The normalized spacial score (nSPS) is 11.7. The highest BCUT2D eigenvalue weighted by Crippen LogP contribution is 2.14. The molecule has 0 aliphatic rings. The van der Waals surface area contributed by atoms with E-state index in [2.05, 4.69) is 55.5 Å². The zero-order chi connectivity index (χ0) is 18.1. The molecule has 0 unspecified atom stereocenters. The third-order valence-electron chi connectivity index (χ3n) is 4.83. The number of hydrogen-bond donors (Lipinski definition) is 3. The summed E-state index contributed by atoms with van der Waals surface area (Å²) in [6.07, 6.45) is 5.75. The van der Waals surface area contributed by atoms with Crippen LogP contribution >= 0.6 is 0 Å². The van der Waals surface area contributed by atoms with E-state index in [1.165, 1.54) is 28.7 Å². The molecule has 3 nitrogen and oxygen atoms in total. The molecule has 0 bridgehead atoms. The Bertz CT molecular complexity index is 615. The zero-order valence-electron chi connectivity index (χ0n) is 15.2. The molecular formula is C22H31NO2. The molecule has 0 atom stereocenters. The second kappa shape index (κ2) is 9.71. The Morgan fingerprint density at radius 1 is 0.680 bits per heavy atom. The van der Waals surface area contributed by atoms with Gasteiger partial charge in [-0.2, -0.15) is 0 Å². The molecule has 0 aliphatic heterocycles. The summed E-state index contributed by atoms with van der Waals surface area (Å²) in [6, 6.07) is 17.5. The molecule has 3 heteroatoms. The molecule has 0 saturated heterocycles. The van der Waals surface area contributed by atoms with Crippen LogP contribution < -0.4 is 5.73 Å². The Labute approximate surface area is 151 Å². The third-order valence-corrected chi connectivity index (χ3v) is 4.83. The summed E-state index contributed by atoms with van der Waals surface area (Å²) in [4.78, 5) is 0. The van der Waals surface area contributed by atoms with Gasteiger partial charge in [-0.15, -0.1) is 0 Å². The maximum atomic E-state index is 9.25. The summed E-state index contributed by atoms with van der Waals surface area (Å²) >= 11 is 0. The summed E-state index contributed by atoms with van der Waals surface area (Å²) in [7, 11) is 0. The van der Waals surface area contributed by atoms with Crippen LogP contribution in [0.25, 0.3) is 0 Å². The minimum absolute atomic E-state index is 0.196. The van der Waals surface area contributed by atoms with Crippen molar-refractivity contribution in [3.05, 3.63) is 70.8 Å². The van der Waals surface area contributed by atoms with Crippen LogP contribution in [0.5, 0.6) is 0 Å². The fraction of sp³-hybridized carbons (Fsp3) is 0.455. The second-order valence-corrected chi connectivity index (χ2v) is 7.06. The second-order valence-electron chi connectivity index (χ2n) is 7.06. The maximum Gasteiger partial charge on any atom is 0.0633 e. The lowest BCUT2D eigenvalue weighted by Crippen LogP contribution is -2.47. The van der Waals surface area contributed by atoms with E-state index in [-0.39, 0.29) is 13.2 Å². The summed E-state index contributed by atoms with van der Waals surface area (Å²) in [5, 5.41) is 18.5. The van der Waals surface area contributed by atoms with E-state index < -0.39 is 5.54 Å². The molecule has 0 spiro atoms. The molecule has 136 valence electrons. The van der Waals surface area contributed by atoms with Crippen molar-refractivity contribution in [2.75, 3.05) is 13.2 Å². The third kappa shape index (κ3) is 6.28. The first kappa shape index (κ1) is 19.6. The van der Waals surface area contributed by atoms with Crippen molar-refractivity contribution in [1.29, 1.82) is 0 Å². The molecule has 2 aromatic rings. The molecule has 0 heterocycles. The van der Waals surface area contributed by atoms with E-state index in [1.807, 2.05) is 0 Å². The lowest BCUT2D eigenvalue weighted by molar-refractivity contribution is 0.115. The van der Waals surface area contributed by atoms with E-state index >= 15 is 0 Å². The van der Waals surface area contributed by atoms with E-state index in [1.54, 1.807) is 0 Å². The highest BCUT2D eigenvalue weighted by atomic mass is 16.3. The van der Waals surface area contributed by atoms with Gasteiger partial charge in [0, 0.05) is 0 Å². The number of hydrogen-bond acceptors (Lipinski definition) is 3. The Morgan fingerprint density at radius 3 is 1.40 bits per heavy atom. The summed E-state index contributed by atoms with van der Waals surface area (Å²) in [6.45, 7) is 1.82. The van der Waals surface area contributed by atoms with Gasteiger partial charge in [-0.05, 0) is 54.4 Å². The van der Waals surface area contributed by atoms with Crippen LogP contribution in [0.1, 0.15) is 42.0 Å². The molecule has 2 aromatic carbocycles. The molecule has 0 aliphatic carbocycles. The van der Waals surface area contributed by atoms with Crippen LogP contribution in [-0.2, 0) is 25.7 Å². The topological polar surface area (TPSA) is 66.5 Å². The first-order chi connectivity index (χ1) is 12.1. The summed E-state index contributed by atoms with van der Waals surface area (Å²) in [5.41, 5.74) is 10.3. The van der Waals surface area contributed by atoms with Crippen molar-refractivity contribution < 1.29 is 10.2 Å². The smallest absolute Gasteiger partial charge is 0.0633 e. The molecule has 2 rings (SSSR count). The van der Waals surface area contributed by atoms with Crippen LogP contribution in [-0.4, -0.2) is 29.0 Å². The van der Waals surface area contributed by atoms with Gasteiger partial charge in [-0.1, -0.05) is 61.9 Å². The van der Waals surface area contributed by atoms with Crippen LogP contribution in [0.15, 0.2) is 48.5 Å². The largest absolute Gasteiger partial charge is 0.394 e. The Morgan fingerprint density at radius 2 is 1.04 bits per heavy atom. The number of rotatable bonds is 10. The van der Waals surface area contributed by atoms with Gasteiger partial charge in [0.05, 0.1) is 18.8 Å². The Balaban J connectivity index is 1.83. The standard InChI is InChI=1S/C22H31NO2/c1-2-3-18-4-6-19(7-5-18)8-9-20-10-12-21(13-11-20)14-15-22(23,16-24)17-25/h4-7,10-13,24-25H,2-3,8-9,14-17,23H2,1H3. The van der Waals surface area contributed by atoms with E-state index in [0.717, 1.165) is 25.7 Å². The average molecular weight is 341 g/mol. The average Bonchev–Trinajstić information content (AvgIpc) is 2.66. The van der Waals surface area contributed by atoms with E-state index in [9.17, 15) is 10.2 Å². The first-order valence-electron chi connectivity index (χ1n) is 9.25. The molecule has 0 saturated carbocycles. The number of aliphatic hydroxyl groups excluding tert-OH is 2. The minimum Gasteiger partial charge on any atom is -0.394 e.